The largest absolute Gasteiger partial charge is 0.493 e. The van der Waals surface area contributed by atoms with Crippen molar-refractivity contribution in [3.05, 3.63) is 57.8 Å². The Morgan fingerprint density at radius 1 is 1.12 bits per heavy atom. The van der Waals surface area contributed by atoms with Crippen LogP contribution in [0.2, 0.25) is 0 Å². The number of nitrogens with zero attached hydrogens (tertiary/aromatic N) is 1. The van der Waals surface area contributed by atoms with Crippen LogP contribution in [-0.4, -0.2) is 38.6 Å². The summed E-state index contributed by atoms with van der Waals surface area (Å²) in [7, 11) is -2.21. The van der Waals surface area contributed by atoms with Crippen molar-refractivity contribution in [1.82, 2.24) is 4.98 Å². The number of hydrogen-bond donors (Lipinski definition) is 3. The first-order chi connectivity index (χ1) is 16.0. The van der Waals surface area contributed by atoms with E-state index in [0.717, 1.165) is 29.7 Å². The molecule has 0 aliphatic rings. The Labute approximate surface area is 206 Å². The van der Waals surface area contributed by atoms with Crippen molar-refractivity contribution < 1.29 is 31.9 Å². The van der Waals surface area contributed by atoms with E-state index >= 15 is 0 Å². The van der Waals surface area contributed by atoms with Crippen molar-refractivity contribution in [2.45, 2.75) is 5.37 Å². The number of methoxy groups -OCH3 is 1. The number of thiazole rings is 1. The van der Waals surface area contributed by atoms with Gasteiger partial charge < -0.3 is 20.5 Å². The van der Waals surface area contributed by atoms with Crippen LogP contribution in [0.15, 0.2) is 46.3 Å². The Morgan fingerprint density at radius 3 is 2.41 bits per heavy atom. The molecule has 2 aromatic carbocycles. The number of carbonyl (C=O) groups excluding carboxylic acids is 2. The van der Waals surface area contributed by atoms with E-state index in [1.807, 2.05) is 0 Å². The quantitative estimate of drug-likeness (QED) is 0.364. The lowest BCUT2D eigenvalue weighted by Gasteiger charge is -2.14. The molecule has 1 unspecified atom stereocenters. The maximum atomic E-state index is 13.8. The van der Waals surface area contributed by atoms with Gasteiger partial charge in [0.05, 0.1) is 16.6 Å². The Balaban J connectivity index is 1.77. The summed E-state index contributed by atoms with van der Waals surface area (Å²) in [6.07, 6.45) is 0.947. The maximum absolute atomic E-state index is 13.8. The molecule has 14 heteroatoms. The molecule has 4 N–H and O–H groups in total. The monoisotopic (exact) mass is 572 g/mol. The van der Waals surface area contributed by atoms with Crippen LogP contribution >= 0.6 is 27.3 Å². The predicted octanol–water partition coefficient (Wildman–Crippen LogP) is 3.42. The molecule has 1 atom stereocenters. The number of amides is 2. The molecule has 0 fully saturated rings. The SMILES string of the molecule is COc1ccccc1Oc1cc(F)ccc1NC(=O)C(=O)Nc1nc(C(N)S(C)(=O)=O)c(Br)s1. The number of halogens is 2. The molecule has 2 amide bonds. The van der Waals surface area contributed by atoms with Gasteiger partial charge in [-0.25, -0.2) is 17.8 Å². The number of carbonyl (C=O) groups is 2. The van der Waals surface area contributed by atoms with Crippen molar-refractivity contribution in [3.8, 4) is 17.2 Å². The van der Waals surface area contributed by atoms with Crippen LogP contribution in [0.25, 0.3) is 0 Å². The molecule has 0 aliphatic heterocycles. The average Bonchev–Trinajstić information content (AvgIpc) is 3.14. The summed E-state index contributed by atoms with van der Waals surface area (Å²) in [4.78, 5) is 28.8. The lowest BCUT2D eigenvalue weighted by molar-refractivity contribution is -0.133. The first-order valence-electron chi connectivity index (χ1n) is 9.33. The van der Waals surface area contributed by atoms with Gasteiger partial charge in [-0.3, -0.25) is 14.9 Å². The number of para-hydroxylation sites is 2. The molecule has 0 bridgehead atoms. The van der Waals surface area contributed by atoms with Gasteiger partial charge in [-0.05, 0) is 40.2 Å². The fourth-order valence-corrected chi connectivity index (χ4v) is 4.92. The smallest absolute Gasteiger partial charge is 0.315 e. The second-order valence-electron chi connectivity index (χ2n) is 6.73. The highest BCUT2D eigenvalue weighted by Gasteiger charge is 2.26. The maximum Gasteiger partial charge on any atom is 0.315 e. The first-order valence-corrected chi connectivity index (χ1v) is 12.9. The van der Waals surface area contributed by atoms with Crippen molar-refractivity contribution >= 4 is 59.7 Å². The Morgan fingerprint density at radius 2 is 1.76 bits per heavy atom. The number of aromatic nitrogens is 1. The fourth-order valence-electron chi connectivity index (χ4n) is 2.58. The molecule has 34 heavy (non-hydrogen) atoms. The van der Waals surface area contributed by atoms with Gasteiger partial charge >= 0.3 is 11.8 Å². The van der Waals surface area contributed by atoms with Gasteiger partial charge in [0.15, 0.2) is 37.6 Å². The van der Waals surface area contributed by atoms with E-state index in [2.05, 4.69) is 31.5 Å². The van der Waals surface area contributed by atoms with Gasteiger partial charge in [0.2, 0.25) is 0 Å². The van der Waals surface area contributed by atoms with Crippen LogP contribution in [0.1, 0.15) is 11.1 Å². The molecule has 3 aromatic rings. The van der Waals surface area contributed by atoms with Gasteiger partial charge in [0.1, 0.15) is 11.5 Å². The van der Waals surface area contributed by atoms with Crippen molar-refractivity contribution in [1.29, 1.82) is 0 Å². The molecule has 3 rings (SSSR count). The number of rotatable bonds is 7. The number of hydrogen-bond acceptors (Lipinski definition) is 9. The number of nitrogens with one attached hydrogen (secondary N) is 2. The van der Waals surface area contributed by atoms with E-state index in [9.17, 15) is 22.4 Å². The lowest BCUT2D eigenvalue weighted by Crippen LogP contribution is -2.29. The highest BCUT2D eigenvalue weighted by Crippen LogP contribution is 2.36. The molecule has 1 heterocycles. The van der Waals surface area contributed by atoms with Crippen LogP contribution in [0.5, 0.6) is 17.2 Å². The molecule has 180 valence electrons. The Kier molecular flexibility index (Phi) is 7.86. The molecule has 0 spiro atoms. The van der Waals surface area contributed by atoms with E-state index < -0.39 is 32.8 Å². The van der Waals surface area contributed by atoms with Gasteiger partial charge in [0.25, 0.3) is 0 Å². The van der Waals surface area contributed by atoms with Crippen molar-refractivity contribution in [2.24, 2.45) is 5.73 Å². The highest BCUT2D eigenvalue weighted by atomic mass is 79.9. The molecular formula is C20H18BrFN4O6S2. The van der Waals surface area contributed by atoms with Crippen LogP contribution in [0.4, 0.5) is 15.2 Å². The van der Waals surface area contributed by atoms with Crippen LogP contribution in [-0.2, 0) is 19.4 Å². The number of anilines is 2. The van der Waals surface area contributed by atoms with Gasteiger partial charge in [-0.1, -0.05) is 23.5 Å². The standard InChI is InChI=1S/C20H18BrFN4O6S2/c1-31-12-5-3-4-6-13(12)32-14-9-10(22)7-8-11(14)24-18(27)19(28)26-20-25-15(16(21)33-20)17(23)34(2,29)30/h3-9,17H,23H2,1-2H3,(H,24,27)(H,25,26,28). The molecule has 1 aromatic heterocycles. The van der Waals surface area contributed by atoms with Gasteiger partial charge in [0, 0.05) is 12.3 Å². The minimum atomic E-state index is -3.64. The van der Waals surface area contributed by atoms with Crippen LogP contribution in [0, 0.1) is 5.82 Å². The zero-order chi connectivity index (χ0) is 25.0. The van der Waals surface area contributed by atoms with E-state index in [4.69, 9.17) is 15.2 Å². The molecule has 0 saturated heterocycles. The van der Waals surface area contributed by atoms with Crippen molar-refractivity contribution in [3.63, 3.8) is 0 Å². The number of nitrogens with two attached hydrogens (primary N) is 1. The summed E-state index contributed by atoms with van der Waals surface area (Å²) in [6.45, 7) is 0. The van der Waals surface area contributed by atoms with Gasteiger partial charge in [-0.2, -0.15) is 0 Å². The Hall–Kier alpha value is -3.07. The summed E-state index contributed by atoms with van der Waals surface area (Å²) >= 11 is 4.03. The zero-order valence-electron chi connectivity index (χ0n) is 17.7. The van der Waals surface area contributed by atoms with Gasteiger partial charge in [-0.15, -0.1) is 0 Å². The Bertz CT molecular complexity index is 1350. The third-order valence-corrected chi connectivity index (χ3v) is 7.06. The second kappa shape index (κ2) is 10.5. The number of benzene rings is 2. The molecular weight excluding hydrogens is 555 g/mol. The van der Waals surface area contributed by atoms with E-state index in [1.54, 1.807) is 24.3 Å². The molecule has 0 aliphatic carbocycles. The summed E-state index contributed by atoms with van der Waals surface area (Å²) in [5.74, 6) is -2.26. The lowest BCUT2D eigenvalue weighted by atomic mass is 10.2. The van der Waals surface area contributed by atoms with Crippen LogP contribution < -0.4 is 25.8 Å². The fraction of sp³-hybridized carbons (Fsp3) is 0.150. The number of sulfone groups is 1. The summed E-state index contributed by atoms with van der Waals surface area (Å²) in [5, 5.41) is 3.15. The molecule has 0 saturated carbocycles. The third kappa shape index (κ3) is 6.08. The van der Waals surface area contributed by atoms with E-state index in [0.29, 0.717) is 5.75 Å². The van der Waals surface area contributed by atoms with E-state index in [1.165, 1.54) is 13.2 Å². The first kappa shape index (κ1) is 25.6. The van der Waals surface area contributed by atoms with Crippen LogP contribution in [0.3, 0.4) is 0 Å². The minimum Gasteiger partial charge on any atom is -0.493 e. The normalized spacial score (nSPS) is 12.0. The predicted molar refractivity (Wildman–Crippen MR) is 128 cm³/mol. The topological polar surface area (TPSA) is 150 Å². The van der Waals surface area contributed by atoms with E-state index in [-0.39, 0.29) is 31.8 Å². The average molecular weight is 573 g/mol. The highest BCUT2D eigenvalue weighted by molar-refractivity contribution is 9.11. The third-order valence-electron chi connectivity index (χ3n) is 4.25. The second-order valence-corrected chi connectivity index (χ2v) is 11.2. The summed E-state index contributed by atoms with van der Waals surface area (Å²) in [6, 6.07) is 9.97. The molecule has 10 nitrogen and oxygen atoms in total. The molecule has 0 radical (unpaired) electrons. The zero-order valence-corrected chi connectivity index (χ0v) is 20.9. The number of ether oxygens (including phenoxy) is 2. The minimum absolute atomic E-state index is 0.00534. The summed E-state index contributed by atoms with van der Waals surface area (Å²) < 4.78 is 48.4. The summed E-state index contributed by atoms with van der Waals surface area (Å²) in [5.41, 5.74) is 5.69. The van der Waals surface area contributed by atoms with Crippen molar-refractivity contribution in [2.75, 3.05) is 24.0 Å².